The van der Waals surface area contributed by atoms with Crippen LogP contribution in [0, 0.1) is 41.4 Å². The summed E-state index contributed by atoms with van der Waals surface area (Å²) in [4.78, 5) is 126. The molecular formula is C45H68N4O14. The average Bonchev–Trinajstić information content (AvgIpc) is 3.18. The van der Waals surface area contributed by atoms with E-state index in [9.17, 15) is 63.3 Å². The second kappa shape index (κ2) is 27.6. The fraction of sp³-hybridized carbons (Fsp3) is 0.644. The minimum absolute atomic E-state index is 0.0324. The summed E-state index contributed by atoms with van der Waals surface area (Å²) in [7, 11) is 0. The van der Waals surface area contributed by atoms with Gasteiger partial charge in [0.25, 0.3) is 0 Å². The summed E-state index contributed by atoms with van der Waals surface area (Å²) < 4.78 is 0. The number of carboxylic acids is 3. The number of aliphatic hydroxyl groups excluding tert-OH is 1. The smallest absolute Gasteiger partial charge is 0.307 e. The highest BCUT2D eigenvalue weighted by molar-refractivity contribution is 5.96. The third-order valence-electron chi connectivity index (χ3n) is 11.1. The molecule has 1 unspecified atom stereocenters. The lowest BCUT2D eigenvalue weighted by Crippen LogP contribution is -2.48. The van der Waals surface area contributed by atoms with E-state index < -0.39 is 138 Å². The van der Waals surface area contributed by atoms with Crippen LogP contribution in [0.5, 0.6) is 0 Å². The van der Waals surface area contributed by atoms with Crippen LogP contribution in [-0.2, 0) is 54.4 Å². The van der Waals surface area contributed by atoms with Crippen LogP contribution in [0.4, 0.5) is 0 Å². The molecule has 0 spiro atoms. The lowest BCUT2D eigenvalue weighted by atomic mass is 9.81. The molecule has 0 bridgehead atoms. The Morgan fingerprint density at radius 1 is 0.619 bits per heavy atom. The number of ketones is 4. The molecule has 1 aromatic carbocycles. The fourth-order valence-electron chi connectivity index (χ4n) is 7.25. The summed E-state index contributed by atoms with van der Waals surface area (Å²) >= 11 is 0. The second-order valence-corrected chi connectivity index (χ2v) is 17.5. The molecule has 0 aliphatic rings. The maximum Gasteiger partial charge on any atom is 0.307 e. The van der Waals surface area contributed by atoms with Crippen molar-refractivity contribution in [1.82, 2.24) is 10.6 Å². The molecule has 18 heteroatoms. The van der Waals surface area contributed by atoms with Crippen molar-refractivity contribution in [2.45, 2.75) is 143 Å². The highest BCUT2D eigenvalue weighted by atomic mass is 16.4. The minimum atomic E-state index is -1.41. The number of rotatable bonds is 33. The van der Waals surface area contributed by atoms with Gasteiger partial charge >= 0.3 is 17.9 Å². The number of aliphatic hydroxyl groups is 1. The lowest BCUT2D eigenvalue weighted by Gasteiger charge is -2.29. The first-order valence-electron chi connectivity index (χ1n) is 21.5. The maximum atomic E-state index is 13.7. The Balaban J connectivity index is 3.07. The van der Waals surface area contributed by atoms with E-state index in [-0.39, 0.29) is 57.3 Å². The Morgan fingerprint density at radius 2 is 1.17 bits per heavy atom. The Bertz CT molecular complexity index is 1750. The Hall–Kier alpha value is -5.36. The van der Waals surface area contributed by atoms with E-state index in [1.54, 1.807) is 51.1 Å². The van der Waals surface area contributed by atoms with Gasteiger partial charge in [0, 0.05) is 56.3 Å². The van der Waals surface area contributed by atoms with Crippen LogP contribution in [0.25, 0.3) is 0 Å². The normalized spacial score (nSPS) is 15.7. The number of carboxylic acid groups (broad SMARTS) is 3. The first-order chi connectivity index (χ1) is 29.3. The van der Waals surface area contributed by atoms with E-state index in [0.29, 0.717) is 12.0 Å². The second-order valence-electron chi connectivity index (χ2n) is 17.5. The van der Waals surface area contributed by atoms with E-state index in [1.807, 2.05) is 13.8 Å². The molecule has 352 valence electrons. The predicted molar refractivity (Wildman–Crippen MR) is 229 cm³/mol. The van der Waals surface area contributed by atoms with Gasteiger partial charge < -0.3 is 42.5 Å². The molecule has 0 fully saturated rings. The standard InChI is InChI=1S/C45H68N4O14/c1-24(2)16-29(20-39(54)34(23-40(47)55)49-44(61)31(25(3)4)22-37(52)32(46)12-14-41(56)57)36(51)17-26(5)35(50)18-27(6)43(60)48-33(13-15-42(58)59)38(53)21-30(45(62)63)19-28-10-8-7-9-11-28/h7-11,24-27,29-34,36,51H,12-23,46H2,1-6H3,(H2,47,55)(H,48,60)(H,49,61)(H,56,57)(H,58,59)(H,62,63)/t26-,27-,29-,30-,31?,32+,33+,34+,36+/m1/s1. The van der Waals surface area contributed by atoms with E-state index >= 15 is 0 Å². The van der Waals surface area contributed by atoms with E-state index in [4.69, 9.17) is 16.6 Å². The molecule has 1 aromatic rings. The quantitative estimate of drug-likeness (QED) is 0.0503. The van der Waals surface area contributed by atoms with Crippen molar-refractivity contribution >= 4 is 58.8 Å². The van der Waals surface area contributed by atoms with Gasteiger partial charge in [-0.15, -0.1) is 0 Å². The first kappa shape index (κ1) is 55.7. The van der Waals surface area contributed by atoms with Crippen LogP contribution >= 0.6 is 0 Å². The first-order valence-corrected chi connectivity index (χ1v) is 21.5. The minimum Gasteiger partial charge on any atom is -0.481 e. The van der Waals surface area contributed by atoms with Crippen LogP contribution in [0.1, 0.15) is 118 Å². The predicted octanol–water partition coefficient (Wildman–Crippen LogP) is 2.63. The van der Waals surface area contributed by atoms with Crippen LogP contribution in [-0.4, -0.2) is 103 Å². The molecule has 0 aromatic heterocycles. The third-order valence-corrected chi connectivity index (χ3v) is 11.1. The zero-order chi connectivity index (χ0) is 48.1. The molecule has 18 nitrogen and oxygen atoms in total. The fourth-order valence-corrected chi connectivity index (χ4v) is 7.25. The maximum absolute atomic E-state index is 13.7. The Morgan fingerprint density at radius 3 is 1.70 bits per heavy atom. The van der Waals surface area contributed by atoms with Gasteiger partial charge in [0.15, 0.2) is 11.6 Å². The van der Waals surface area contributed by atoms with Gasteiger partial charge in [-0.05, 0) is 55.4 Å². The van der Waals surface area contributed by atoms with E-state index in [1.165, 1.54) is 6.92 Å². The van der Waals surface area contributed by atoms with Crippen molar-refractivity contribution in [2.24, 2.45) is 52.9 Å². The third kappa shape index (κ3) is 21.5. The summed E-state index contributed by atoms with van der Waals surface area (Å²) in [6, 6.07) is 4.77. The zero-order valence-corrected chi connectivity index (χ0v) is 37.2. The number of amides is 3. The van der Waals surface area contributed by atoms with Gasteiger partial charge in [0.05, 0.1) is 36.6 Å². The van der Waals surface area contributed by atoms with Gasteiger partial charge in [0.1, 0.15) is 11.6 Å². The molecule has 9 atom stereocenters. The number of carbonyl (C=O) groups excluding carboxylic acids is 7. The number of nitrogens with one attached hydrogen (secondary N) is 2. The number of Topliss-reactive ketones (excluding diaryl/α,β-unsaturated/α-hetero) is 4. The molecular weight excluding hydrogens is 821 g/mol. The summed E-state index contributed by atoms with van der Waals surface area (Å²) in [6.07, 6.45) is -4.30. The van der Waals surface area contributed by atoms with Crippen molar-refractivity contribution in [3.05, 3.63) is 35.9 Å². The molecule has 3 amide bonds. The Kier molecular flexibility index (Phi) is 24.4. The number of benzene rings is 1. The summed E-state index contributed by atoms with van der Waals surface area (Å²) in [5.74, 6) is -13.4. The van der Waals surface area contributed by atoms with Crippen LogP contribution in [0.3, 0.4) is 0 Å². The lowest BCUT2D eigenvalue weighted by molar-refractivity contribution is -0.144. The van der Waals surface area contributed by atoms with Gasteiger partial charge in [-0.1, -0.05) is 71.9 Å². The topological polar surface area (TPSA) is 328 Å². The van der Waals surface area contributed by atoms with E-state index in [2.05, 4.69) is 10.6 Å². The molecule has 0 heterocycles. The van der Waals surface area contributed by atoms with E-state index in [0.717, 1.165) is 0 Å². The molecule has 10 N–H and O–H groups in total. The van der Waals surface area contributed by atoms with Crippen molar-refractivity contribution in [1.29, 1.82) is 0 Å². The summed E-state index contributed by atoms with van der Waals surface area (Å²) in [5.41, 5.74) is 12.0. The number of hydrogen-bond acceptors (Lipinski definition) is 12. The van der Waals surface area contributed by atoms with Crippen LogP contribution in [0.15, 0.2) is 30.3 Å². The number of carbonyl (C=O) groups is 10. The average molecular weight is 889 g/mol. The molecule has 0 saturated heterocycles. The van der Waals surface area contributed by atoms with Gasteiger partial charge in [-0.2, -0.15) is 0 Å². The van der Waals surface area contributed by atoms with Gasteiger partial charge in [-0.25, -0.2) is 0 Å². The van der Waals surface area contributed by atoms with Crippen LogP contribution < -0.4 is 22.1 Å². The highest BCUT2D eigenvalue weighted by Gasteiger charge is 2.35. The van der Waals surface area contributed by atoms with Crippen molar-refractivity contribution < 1.29 is 68.4 Å². The zero-order valence-electron chi connectivity index (χ0n) is 37.2. The number of hydrogen-bond donors (Lipinski definition) is 8. The van der Waals surface area contributed by atoms with Crippen molar-refractivity contribution in [3.8, 4) is 0 Å². The largest absolute Gasteiger partial charge is 0.481 e. The SMILES string of the molecule is CC(C)C[C@H](CC(=O)[C@H](CC(N)=O)NC(=O)C(CC(=O)[C@@H](N)CCC(=O)O)C(C)C)[C@@H](O)C[C@@H](C)C(=O)C[C@@H](C)C(=O)N[C@@H](CCC(=O)O)C(=O)C[C@@H](Cc1ccccc1)C(=O)O. The Labute approximate surface area is 368 Å². The number of aliphatic carboxylic acids is 3. The number of nitrogens with two attached hydrogens (primary N) is 2. The number of primary amides is 1. The summed E-state index contributed by atoms with van der Waals surface area (Å²) in [6.45, 7) is 10.0. The van der Waals surface area contributed by atoms with Gasteiger partial charge in [0.2, 0.25) is 17.7 Å². The molecule has 0 saturated carbocycles. The summed E-state index contributed by atoms with van der Waals surface area (Å²) in [5, 5.41) is 44.5. The molecule has 63 heavy (non-hydrogen) atoms. The molecule has 0 aliphatic heterocycles. The van der Waals surface area contributed by atoms with Crippen molar-refractivity contribution in [3.63, 3.8) is 0 Å². The van der Waals surface area contributed by atoms with Crippen molar-refractivity contribution in [2.75, 3.05) is 0 Å². The molecule has 1 rings (SSSR count). The monoisotopic (exact) mass is 888 g/mol. The molecule has 0 aliphatic carbocycles. The highest BCUT2D eigenvalue weighted by Crippen LogP contribution is 2.27. The molecule has 0 radical (unpaired) electrons. The van der Waals surface area contributed by atoms with Crippen LogP contribution in [0.2, 0.25) is 0 Å². The van der Waals surface area contributed by atoms with Gasteiger partial charge in [-0.3, -0.25) is 47.9 Å².